The average Bonchev–Trinajstić information content (AvgIpc) is 2.27. The van der Waals surface area contributed by atoms with E-state index in [1.54, 1.807) is 12.1 Å². The Kier molecular flexibility index (Phi) is 1.54. The highest BCUT2D eigenvalue weighted by molar-refractivity contribution is 8.27. The van der Waals surface area contributed by atoms with E-state index in [4.69, 9.17) is 0 Å². The summed E-state index contributed by atoms with van der Waals surface area (Å²) in [5, 5.41) is 1.47. The van der Waals surface area contributed by atoms with E-state index in [0.717, 1.165) is 11.1 Å². The van der Waals surface area contributed by atoms with Gasteiger partial charge in [0.2, 0.25) is 0 Å². The monoisotopic (exact) mass is 182 g/mol. The quantitative estimate of drug-likeness (QED) is 0.647. The summed E-state index contributed by atoms with van der Waals surface area (Å²) in [6.07, 6.45) is 1.76. The van der Waals surface area contributed by atoms with Crippen molar-refractivity contribution in [1.82, 2.24) is 0 Å². The maximum Gasteiger partial charge on any atom is 0.0703 e. The van der Waals surface area contributed by atoms with E-state index in [0.29, 0.717) is 4.90 Å². The topological polar surface area (TPSA) is 40.5 Å². The fourth-order valence-electron chi connectivity index (χ4n) is 1.31. The predicted octanol–water partition coefficient (Wildman–Crippen LogP) is 3.09. The number of benzene rings is 1. The van der Waals surface area contributed by atoms with Crippen LogP contribution in [0, 0.1) is 6.92 Å². The molecule has 0 amide bonds. The normalized spacial score (nSPS) is 20.6. The second kappa shape index (κ2) is 2.36. The Morgan fingerprint density at radius 3 is 2.75 bits per heavy atom. The van der Waals surface area contributed by atoms with Crippen molar-refractivity contribution in [3.05, 3.63) is 34.7 Å². The predicted molar refractivity (Wildman–Crippen MR) is 51.3 cm³/mol. The molecule has 0 fully saturated rings. The zero-order valence-corrected chi connectivity index (χ0v) is 7.51. The van der Waals surface area contributed by atoms with Gasteiger partial charge in [-0.25, -0.2) is 0 Å². The van der Waals surface area contributed by atoms with Crippen molar-refractivity contribution in [3.63, 3.8) is 0 Å². The standard InChI is InChI=1S/C9H10O2S/c1-7-2-3-9-8(6-7)4-5-12(9,10)11/h2-6,10-11H,1H3. The molecule has 1 aliphatic heterocycles. The lowest BCUT2D eigenvalue weighted by Crippen LogP contribution is -1.91. The Morgan fingerprint density at radius 1 is 1.25 bits per heavy atom. The van der Waals surface area contributed by atoms with Crippen LogP contribution in [-0.2, 0) is 0 Å². The first kappa shape index (κ1) is 7.86. The van der Waals surface area contributed by atoms with Crippen LogP contribution in [0.25, 0.3) is 6.08 Å². The summed E-state index contributed by atoms with van der Waals surface area (Å²) in [6, 6.07) is 5.62. The van der Waals surface area contributed by atoms with Crippen molar-refractivity contribution >= 4 is 16.7 Å². The average molecular weight is 182 g/mol. The molecule has 64 valence electrons. The minimum atomic E-state index is -2.60. The third-order valence-corrected chi connectivity index (χ3v) is 3.46. The number of aryl methyl sites for hydroxylation is 1. The van der Waals surface area contributed by atoms with Crippen molar-refractivity contribution in [2.24, 2.45) is 0 Å². The van der Waals surface area contributed by atoms with Gasteiger partial charge in [-0.1, -0.05) is 17.7 Å². The number of fused-ring (bicyclic) bond motifs is 1. The number of hydrogen-bond acceptors (Lipinski definition) is 2. The molecule has 2 nitrogen and oxygen atoms in total. The van der Waals surface area contributed by atoms with Gasteiger partial charge in [-0.15, -0.1) is 10.6 Å². The van der Waals surface area contributed by atoms with Gasteiger partial charge < -0.3 is 0 Å². The summed E-state index contributed by atoms with van der Waals surface area (Å²) in [5.41, 5.74) is 2.06. The Bertz CT molecular complexity index is 356. The summed E-state index contributed by atoms with van der Waals surface area (Å²) >= 11 is 0. The van der Waals surface area contributed by atoms with E-state index in [9.17, 15) is 9.11 Å². The maximum absolute atomic E-state index is 9.49. The molecule has 0 unspecified atom stereocenters. The van der Waals surface area contributed by atoms with Gasteiger partial charge in [-0.3, -0.25) is 9.11 Å². The SMILES string of the molecule is Cc1ccc2c(c1)C=CS2(O)O. The summed E-state index contributed by atoms with van der Waals surface area (Å²) < 4.78 is 19.0. The maximum atomic E-state index is 9.49. The molecule has 2 rings (SSSR count). The molecule has 0 atom stereocenters. The van der Waals surface area contributed by atoms with Gasteiger partial charge in [0.15, 0.2) is 0 Å². The van der Waals surface area contributed by atoms with Gasteiger partial charge >= 0.3 is 0 Å². The van der Waals surface area contributed by atoms with Crippen molar-refractivity contribution in [2.75, 3.05) is 0 Å². The lowest BCUT2D eigenvalue weighted by atomic mass is 10.1. The summed E-state index contributed by atoms with van der Waals surface area (Å²) in [5.74, 6) is 0. The van der Waals surface area contributed by atoms with Gasteiger partial charge in [0, 0.05) is 5.41 Å². The summed E-state index contributed by atoms with van der Waals surface area (Å²) in [4.78, 5) is 0.646. The third kappa shape index (κ3) is 1.06. The molecule has 1 aromatic carbocycles. The lowest BCUT2D eigenvalue weighted by Gasteiger charge is -2.25. The minimum absolute atomic E-state index is 0.646. The molecular formula is C9H10O2S. The van der Waals surface area contributed by atoms with Gasteiger partial charge in [0.05, 0.1) is 4.90 Å². The lowest BCUT2D eigenvalue weighted by molar-refractivity contribution is 0.500. The molecule has 1 aliphatic rings. The van der Waals surface area contributed by atoms with Crippen LogP contribution in [0.5, 0.6) is 0 Å². The first-order chi connectivity index (χ1) is 5.59. The second-order valence-corrected chi connectivity index (χ2v) is 4.83. The van der Waals surface area contributed by atoms with E-state index in [-0.39, 0.29) is 0 Å². The van der Waals surface area contributed by atoms with E-state index in [1.807, 2.05) is 19.1 Å². The second-order valence-electron chi connectivity index (χ2n) is 2.94. The van der Waals surface area contributed by atoms with Crippen LogP contribution in [0.2, 0.25) is 0 Å². The van der Waals surface area contributed by atoms with Crippen molar-refractivity contribution < 1.29 is 9.11 Å². The van der Waals surface area contributed by atoms with Crippen molar-refractivity contribution in [1.29, 1.82) is 0 Å². The smallest absolute Gasteiger partial charge is 0.0703 e. The first-order valence-corrected chi connectivity index (χ1v) is 5.27. The van der Waals surface area contributed by atoms with Gasteiger partial charge in [-0.05, 0) is 24.6 Å². The number of hydrogen-bond donors (Lipinski definition) is 2. The zero-order valence-electron chi connectivity index (χ0n) is 6.69. The summed E-state index contributed by atoms with van der Waals surface area (Å²) in [7, 11) is -2.60. The molecule has 1 aromatic rings. The molecule has 0 saturated carbocycles. The molecule has 0 radical (unpaired) electrons. The largest absolute Gasteiger partial charge is 0.291 e. The Morgan fingerprint density at radius 2 is 2.00 bits per heavy atom. The van der Waals surface area contributed by atoms with Crippen LogP contribution in [0.3, 0.4) is 0 Å². The Hall–Kier alpha value is -0.770. The number of rotatable bonds is 0. The Labute approximate surface area is 72.9 Å². The molecule has 0 spiro atoms. The molecule has 2 N–H and O–H groups in total. The van der Waals surface area contributed by atoms with E-state index < -0.39 is 10.6 Å². The molecule has 0 saturated heterocycles. The van der Waals surface area contributed by atoms with Crippen LogP contribution in [0.1, 0.15) is 11.1 Å². The highest BCUT2D eigenvalue weighted by Crippen LogP contribution is 2.55. The first-order valence-electron chi connectivity index (χ1n) is 3.67. The van der Waals surface area contributed by atoms with E-state index in [1.165, 1.54) is 5.41 Å². The zero-order chi connectivity index (χ0) is 8.77. The van der Waals surface area contributed by atoms with Gasteiger partial charge in [0.1, 0.15) is 0 Å². The van der Waals surface area contributed by atoms with Crippen LogP contribution >= 0.6 is 10.6 Å². The molecule has 3 heteroatoms. The summed E-state index contributed by atoms with van der Waals surface area (Å²) in [6.45, 7) is 1.98. The van der Waals surface area contributed by atoms with Crippen LogP contribution in [0.15, 0.2) is 28.5 Å². The van der Waals surface area contributed by atoms with E-state index in [2.05, 4.69) is 0 Å². The molecule has 0 bridgehead atoms. The Balaban J connectivity index is 2.62. The van der Waals surface area contributed by atoms with Crippen molar-refractivity contribution in [2.45, 2.75) is 11.8 Å². The molecule has 12 heavy (non-hydrogen) atoms. The van der Waals surface area contributed by atoms with Crippen molar-refractivity contribution in [3.8, 4) is 0 Å². The molecule has 1 heterocycles. The molecule has 0 aliphatic carbocycles. The van der Waals surface area contributed by atoms with Crippen LogP contribution < -0.4 is 0 Å². The minimum Gasteiger partial charge on any atom is -0.291 e. The molecular weight excluding hydrogens is 172 g/mol. The van der Waals surface area contributed by atoms with E-state index >= 15 is 0 Å². The fourth-order valence-corrected chi connectivity index (χ4v) is 2.54. The fraction of sp³-hybridized carbons (Fsp3) is 0.111. The van der Waals surface area contributed by atoms with Crippen LogP contribution in [0.4, 0.5) is 0 Å². The third-order valence-electron chi connectivity index (χ3n) is 1.93. The van der Waals surface area contributed by atoms with Crippen LogP contribution in [-0.4, -0.2) is 9.11 Å². The van der Waals surface area contributed by atoms with Gasteiger partial charge in [0.25, 0.3) is 0 Å². The van der Waals surface area contributed by atoms with Gasteiger partial charge in [-0.2, -0.15) is 0 Å². The molecule has 0 aromatic heterocycles. The highest BCUT2D eigenvalue weighted by atomic mass is 32.3. The highest BCUT2D eigenvalue weighted by Gasteiger charge is 2.20.